The summed E-state index contributed by atoms with van der Waals surface area (Å²) in [5.41, 5.74) is 0.400. The van der Waals surface area contributed by atoms with Gasteiger partial charge in [-0.3, -0.25) is 14.5 Å². The molecule has 1 atom stereocenters. The fraction of sp³-hybridized carbons (Fsp3) is 0.400. The van der Waals surface area contributed by atoms with Crippen LogP contribution in [-0.2, 0) is 9.59 Å². The Bertz CT molecular complexity index is 586. The van der Waals surface area contributed by atoms with Gasteiger partial charge in [0.1, 0.15) is 18.4 Å². The Morgan fingerprint density at radius 3 is 2.55 bits per heavy atom. The lowest BCUT2D eigenvalue weighted by atomic mass is 10.0. The van der Waals surface area contributed by atoms with Crippen LogP contribution in [0.25, 0.3) is 0 Å². The molecule has 0 radical (unpaired) electrons. The number of hydrogen-bond donors (Lipinski definition) is 2. The zero-order valence-corrected chi connectivity index (χ0v) is 12.4. The van der Waals surface area contributed by atoms with Gasteiger partial charge in [0, 0.05) is 5.69 Å². The average Bonchev–Trinajstić information content (AvgIpc) is 2.68. The van der Waals surface area contributed by atoms with Crippen LogP contribution in [0.4, 0.5) is 14.9 Å². The van der Waals surface area contributed by atoms with Crippen molar-refractivity contribution in [2.75, 3.05) is 11.9 Å². The molecule has 1 unspecified atom stereocenters. The van der Waals surface area contributed by atoms with E-state index in [0.29, 0.717) is 12.1 Å². The minimum atomic E-state index is -0.578. The first kappa shape index (κ1) is 15.9. The molecule has 7 heteroatoms. The van der Waals surface area contributed by atoms with Crippen LogP contribution in [-0.4, -0.2) is 35.3 Å². The molecule has 4 amide bonds. The summed E-state index contributed by atoms with van der Waals surface area (Å²) >= 11 is 0. The standard InChI is InChI=1S/C15H18FN3O3/c1-9(2)7-12-14(21)19(15(22)18-12)8-13(20)17-11-5-3-10(16)4-6-11/h3-6,9,12H,7-8H2,1-2H3,(H,17,20)(H,18,22). The molecular weight excluding hydrogens is 289 g/mol. The summed E-state index contributed by atoms with van der Waals surface area (Å²) in [5.74, 6) is -1.07. The summed E-state index contributed by atoms with van der Waals surface area (Å²) in [6.45, 7) is 3.53. The lowest BCUT2D eigenvalue weighted by Gasteiger charge is -2.13. The molecule has 0 aliphatic carbocycles. The van der Waals surface area contributed by atoms with E-state index in [-0.39, 0.29) is 12.5 Å². The molecule has 2 N–H and O–H groups in total. The third-order valence-electron chi connectivity index (χ3n) is 3.24. The van der Waals surface area contributed by atoms with Gasteiger partial charge in [0.05, 0.1) is 0 Å². The van der Waals surface area contributed by atoms with E-state index in [9.17, 15) is 18.8 Å². The molecule has 22 heavy (non-hydrogen) atoms. The van der Waals surface area contributed by atoms with E-state index in [1.54, 1.807) is 0 Å². The van der Waals surface area contributed by atoms with Gasteiger partial charge in [0.15, 0.2) is 0 Å². The highest BCUT2D eigenvalue weighted by Crippen LogP contribution is 2.14. The third-order valence-corrected chi connectivity index (χ3v) is 3.24. The van der Waals surface area contributed by atoms with E-state index in [1.807, 2.05) is 13.8 Å². The van der Waals surface area contributed by atoms with Crippen molar-refractivity contribution >= 4 is 23.5 Å². The molecule has 1 heterocycles. The van der Waals surface area contributed by atoms with Crippen LogP contribution >= 0.6 is 0 Å². The molecule has 0 aromatic heterocycles. The van der Waals surface area contributed by atoms with Gasteiger partial charge in [-0.2, -0.15) is 0 Å². The molecule has 1 aromatic rings. The van der Waals surface area contributed by atoms with Crippen molar-refractivity contribution in [2.24, 2.45) is 5.92 Å². The number of carbonyl (C=O) groups excluding carboxylic acids is 3. The van der Waals surface area contributed by atoms with Crippen molar-refractivity contribution in [2.45, 2.75) is 26.3 Å². The topological polar surface area (TPSA) is 78.5 Å². The Balaban J connectivity index is 1.95. The molecule has 118 valence electrons. The highest BCUT2D eigenvalue weighted by atomic mass is 19.1. The van der Waals surface area contributed by atoms with Crippen molar-refractivity contribution in [1.29, 1.82) is 0 Å². The van der Waals surface area contributed by atoms with E-state index in [4.69, 9.17) is 0 Å². The van der Waals surface area contributed by atoms with E-state index in [2.05, 4.69) is 10.6 Å². The fourth-order valence-electron chi connectivity index (χ4n) is 2.24. The largest absolute Gasteiger partial charge is 0.326 e. The normalized spacial score (nSPS) is 17.8. The number of nitrogens with zero attached hydrogens (tertiary/aromatic N) is 1. The van der Waals surface area contributed by atoms with Crippen LogP contribution in [0.3, 0.4) is 0 Å². The fourth-order valence-corrected chi connectivity index (χ4v) is 2.24. The first-order chi connectivity index (χ1) is 10.4. The maximum atomic E-state index is 12.8. The van der Waals surface area contributed by atoms with Crippen molar-refractivity contribution in [3.05, 3.63) is 30.1 Å². The average molecular weight is 307 g/mol. The summed E-state index contributed by atoms with van der Waals surface area (Å²) in [5, 5.41) is 5.08. The van der Waals surface area contributed by atoms with Gasteiger partial charge in [0.2, 0.25) is 5.91 Å². The lowest BCUT2D eigenvalue weighted by Crippen LogP contribution is -2.38. The van der Waals surface area contributed by atoms with Gasteiger partial charge in [0.25, 0.3) is 5.91 Å². The van der Waals surface area contributed by atoms with Crippen molar-refractivity contribution in [1.82, 2.24) is 10.2 Å². The quantitative estimate of drug-likeness (QED) is 0.813. The lowest BCUT2D eigenvalue weighted by molar-refractivity contribution is -0.131. The number of hydrogen-bond acceptors (Lipinski definition) is 3. The zero-order chi connectivity index (χ0) is 16.3. The first-order valence-corrected chi connectivity index (χ1v) is 7.04. The van der Waals surface area contributed by atoms with Gasteiger partial charge in [-0.05, 0) is 36.6 Å². The minimum absolute atomic E-state index is 0.252. The van der Waals surface area contributed by atoms with Gasteiger partial charge < -0.3 is 10.6 Å². The number of urea groups is 1. The van der Waals surface area contributed by atoms with E-state index >= 15 is 0 Å². The maximum absolute atomic E-state index is 12.8. The van der Waals surface area contributed by atoms with Gasteiger partial charge in [-0.25, -0.2) is 9.18 Å². The molecule has 6 nitrogen and oxygen atoms in total. The predicted molar refractivity (Wildman–Crippen MR) is 78.5 cm³/mol. The molecule has 1 aliphatic heterocycles. The number of rotatable bonds is 5. The number of anilines is 1. The number of imide groups is 1. The van der Waals surface area contributed by atoms with E-state index in [0.717, 1.165) is 4.90 Å². The minimum Gasteiger partial charge on any atom is -0.326 e. The van der Waals surface area contributed by atoms with Crippen LogP contribution in [0.1, 0.15) is 20.3 Å². The van der Waals surface area contributed by atoms with Crippen LogP contribution in [0.2, 0.25) is 0 Å². The van der Waals surface area contributed by atoms with Gasteiger partial charge >= 0.3 is 6.03 Å². The van der Waals surface area contributed by atoms with Gasteiger partial charge in [-0.15, -0.1) is 0 Å². The molecule has 2 rings (SSSR count). The smallest absolute Gasteiger partial charge is 0.325 e. The highest BCUT2D eigenvalue weighted by molar-refractivity contribution is 6.07. The predicted octanol–water partition coefficient (Wildman–Crippen LogP) is 1.73. The Morgan fingerprint density at radius 1 is 1.32 bits per heavy atom. The van der Waals surface area contributed by atoms with E-state index < -0.39 is 29.7 Å². The number of halogens is 1. The van der Waals surface area contributed by atoms with Crippen LogP contribution < -0.4 is 10.6 Å². The second-order valence-corrected chi connectivity index (χ2v) is 5.61. The monoisotopic (exact) mass is 307 g/mol. The molecule has 1 fully saturated rings. The number of nitrogens with one attached hydrogen (secondary N) is 2. The van der Waals surface area contributed by atoms with Crippen molar-refractivity contribution in [3.8, 4) is 0 Å². The molecule has 0 spiro atoms. The Morgan fingerprint density at radius 2 is 1.95 bits per heavy atom. The summed E-state index contributed by atoms with van der Waals surface area (Å²) in [6.07, 6.45) is 0.528. The van der Waals surface area contributed by atoms with Crippen LogP contribution in [0.15, 0.2) is 24.3 Å². The summed E-state index contributed by atoms with van der Waals surface area (Å²) in [4.78, 5) is 36.7. The van der Waals surface area contributed by atoms with Crippen molar-refractivity contribution in [3.63, 3.8) is 0 Å². The molecule has 1 aliphatic rings. The third kappa shape index (κ3) is 3.81. The summed E-state index contributed by atoms with van der Waals surface area (Å²) < 4.78 is 12.8. The Kier molecular flexibility index (Phi) is 4.75. The Hall–Kier alpha value is -2.44. The summed E-state index contributed by atoms with van der Waals surface area (Å²) in [6, 6.07) is 4.08. The molecular formula is C15H18FN3O3. The molecule has 0 bridgehead atoms. The molecule has 1 aromatic carbocycles. The summed E-state index contributed by atoms with van der Waals surface area (Å²) in [7, 11) is 0. The van der Waals surface area contributed by atoms with Crippen LogP contribution in [0, 0.1) is 11.7 Å². The number of carbonyl (C=O) groups is 3. The zero-order valence-electron chi connectivity index (χ0n) is 12.4. The van der Waals surface area contributed by atoms with E-state index in [1.165, 1.54) is 24.3 Å². The second kappa shape index (κ2) is 6.55. The van der Waals surface area contributed by atoms with Crippen molar-refractivity contribution < 1.29 is 18.8 Å². The first-order valence-electron chi connectivity index (χ1n) is 7.04. The highest BCUT2D eigenvalue weighted by Gasteiger charge is 2.38. The molecule has 0 saturated carbocycles. The number of benzene rings is 1. The number of amides is 4. The Labute approximate surface area is 127 Å². The van der Waals surface area contributed by atoms with Crippen LogP contribution in [0.5, 0.6) is 0 Å². The second-order valence-electron chi connectivity index (χ2n) is 5.61. The SMILES string of the molecule is CC(C)CC1NC(=O)N(CC(=O)Nc2ccc(F)cc2)C1=O. The molecule has 1 saturated heterocycles. The maximum Gasteiger partial charge on any atom is 0.325 e. The van der Waals surface area contributed by atoms with Gasteiger partial charge in [-0.1, -0.05) is 13.8 Å².